The molecular formula is C16H16ClNO3S. The van der Waals surface area contributed by atoms with Gasteiger partial charge in [-0.3, -0.25) is 9.59 Å². The standard InChI is InChI=1S/C16H16ClNO3S/c1-9-6-18(7-13(9)16(20)21)15(19)4-10-8-22-14-3-2-11(17)5-12(10)14/h2-3,5,8-9,13H,4,6-7H2,1H3,(H,20,21)/t9-,13-/m1/s1. The minimum absolute atomic E-state index is 0.00452. The summed E-state index contributed by atoms with van der Waals surface area (Å²) in [5, 5.41) is 12.8. The number of amides is 1. The van der Waals surface area contributed by atoms with Crippen LogP contribution in [0.5, 0.6) is 0 Å². The normalized spacial score (nSPS) is 21.5. The summed E-state index contributed by atoms with van der Waals surface area (Å²) < 4.78 is 1.10. The van der Waals surface area contributed by atoms with Gasteiger partial charge in [-0.1, -0.05) is 18.5 Å². The van der Waals surface area contributed by atoms with Crippen molar-refractivity contribution in [3.05, 3.63) is 34.2 Å². The summed E-state index contributed by atoms with van der Waals surface area (Å²) in [6.07, 6.45) is 0.291. The summed E-state index contributed by atoms with van der Waals surface area (Å²) in [6.45, 7) is 2.70. The van der Waals surface area contributed by atoms with Gasteiger partial charge in [-0.05, 0) is 40.4 Å². The first-order chi connectivity index (χ1) is 10.5. The molecule has 1 aliphatic rings. The van der Waals surface area contributed by atoms with E-state index in [1.54, 1.807) is 16.2 Å². The molecule has 0 unspecified atom stereocenters. The molecule has 1 amide bonds. The highest BCUT2D eigenvalue weighted by Crippen LogP contribution is 2.30. The number of carboxylic acids is 1. The van der Waals surface area contributed by atoms with Gasteiger partial charge in [-0.15, -0.1) is 11.3 Å². The molecule has 1 aromatic carbocycles. The minimum Gasteiger partial charge on any atom is -0.481 e. The van der Waals surface area contributed by atoms with Crippen molar-refractivity contribution in [3.63, 3.8) is 0 Å². The molecule has 1 fully saturated rings. The van der Waals surface area contributed by atoms with E-state index in [4.69, 9.17) is 16.7 Å². The van der Waals surface area contributed by atoms with E-state index in [0.29, 0.717) is 24.5 Å². The average Bonchev–Trinajstić information content (AvgIpc) is 3.03. The van der Waals surface area contributed by atoms with Gasteiger partial charge in [0.25, 0.3) is 0 Å². The number of rotatable bonds is 3. The van der Waals surface area contributed by atoms with Crippen LogP contribution in [0.1, 0.15) is 12.5 Å². The molecule has 2 aromatic rings. The van der Waals surface area contributed by atoms with E-state index >= 15 is 0 Å². The maximum absolute atomic E-state index is 12.5. The quantitative estimate of drug-likeness (QED) is 0.935. The molecule has 1 N–H and O–H groups in total. The molecule has 3 rings (SSSR count). The van der Waals surface area contributed by atoms with Crippen LogP contribution in [0.3, 0.4) is 0 Å². The topological polar surface area (TPSA) is 57.6 Å². The number of carbonyl (C=O) groups excluding carboxylic acids is 1. The molecule has 0 spiro atoms. The van der Waals surface area contributed by atoms with Gasteiger partial charge in [0.05, 0.1) is 12.3 Å². The van der Waals surface area contributed by atoms with Crippen LogP contribution in [0.15, 0.2) is 23.6 Å². The summed E-state index contributed by atoms with van der Waals surface area (Å²) in [5.74, 6) is -1.31. The molecule has 1 aliphatic heterocycles. The fourth-order valence-corrected chi connectivity index (χ4v) is 4.07. The number of likely N-dealkylation sites (tertiary alicyclic amines) is 1. The Hall–Kier alpha value is -1.59. The van der Waals surface area contributed by atoms with Crippen molar-refractivity contribution in [2.75, 3.05) is 13.1 Å². The molecule has 1 saturated heterocycles. The molecular weight excluding hydrogens is 322 g/mol. The Morgan fingerprint density at radius 2 is 2.18 bits per heavy atom. The fourth-order valence-electron chi connectivity index (χ4n) is 2.96. The van der Waals surface area contributed by atoms with Gasteiger partial charge in [0.15, 0.2) is 0 Å². The van der Waals surface area contributed by atoms with E-state index in [0.717, 1.165) is 15.6 Å². The highest BCUT2D eigenvalue weighted by molar-refractivity contribution is 7.17. The van der Waals surface area contributed by atoms with Gasteiger partial charge in [-0.25, -0.2) is 0 Å². The van der Waals surface area contributed by atoms with Crippen LogP contribution in [0, 0.1) is 11.8 Å². The predicted molar refractivity (Wildman–Crippen MR) is 87.4 cm³/mol. The summed E-state index contributed by atoms with van der Waals surface area (Å²) in [4.78, 5) is 25.3. The van der Waals surface area contributed by atoms with Crippen molar-refractivity contribution in [1.82, 2.24) is 4.90 Å². The van der Waals surface area contributed by atoms with Crippen molar-refractivity contribution in [3.8, 4) is 0 Å². The molecule has 0 saturated carbocycles. The lowest BCUT2D eigenvalue weighted by Crippen LogP contribution is -2.31. The van der Waals surface area contributed by atoms with Crippen molar-refractivity contribution in [2.45, 2.75) is 13.3 Å². The summed E-state index contributed by atoms with van der Waals surface area (Å²) >= 11 is 7.62. The second kappa shape index (κ2) is 5.89. The third kappa shape index (κ3) is 2.83. The third-order valence-corrected chi connectivity index (χ3v) is 5.49. The second-order valence-corrected chi connectivity index (χ2v) is 7.15. The van der Waals surface area contributed by atoms with Crippen LogP contribution in [0.4, 0.5) is 0 Å². The zero-order valence-corrected chi connectivity index (χ0v) is 13.7. The third-order valence-electron chi connectivity index (χ3n) is 4.24. The van der Waals surface area contributed by atoms with Crippen LogP contribution in [0.2, 0.25) is 5.02 Å². The lowest BCUT2D eigenvalue weighted by Gasteiger charge is -2.15. The molecule has 0 aliphatic carbocycles. The number of hydrogen-bond acceptors (Lipinski definition) is 3. The molecule has 2 atom stereocenters. The van der Waals surface area contributed by atoms with E-state index in [1.165, 1.54) is 0 Å². The zero-order valence-electron chi connectivity index (χ0n) is 12.1. The average molecular weight is 338 g/mol. The van der Waals surface area contributed by atoms with Crippen molar-refractivity contribution in [2.24, 2.45) is 11.8 Å². The van der Waals surface area contributed by atoms with Crippen LogP contribution < -0.4 is 0 Å². The highest BCUT2D eigenvalue weighted by atomic mass is 35.5. The number of halogens is 1. The molecule has 1 aromatic heterocycles. The predicted octanol–water partition coefficient (Wildman–Crippen LogP) is 3.28. The van der Waals surface area contributed by atoms with Gasteiger partial charge in [0, 0.05) is 22.8 Å². The molecule has 6 heteroatoms. The number of thiophene rings is 1. The molecule has 0 radical (unpaired) electrons. The Morgan fingerprint density at radius 3 is 2.86 bits per heavy atom. The SMILES string of the molecule is C[C@@H]1CN(C(=O)Cc2csc3ccc(Cl)cc23)C[C@H]1C(=O)O. The fraction of sp³-hybridized carbons (Fsp3) is 0.375. The van der Waals surface area contributed by atoms with Crippen molar-refractivity contribution >= 4 is 44.9 Å². The van der Waals surface area contributed by atoms with E-state index in [-0.39, 0.29) is 11.8 Å². The van der Waals surface area contributed by atoms with Crippen molar-refractivity contribution in [1.29, 1.82) is 0 Å². The molecule has 116 valence electrons. The molecule has 0 bridgehead atoms. The Balaban J connectivity index is 1.76. The number of benzene rings is 1. The number of hydrogen-bond donors (Lipinski definition) is 1. The van der Waals surface area contributed by atoms with Crippen LogP contribution in [0.25, 0.3) is 10.1 Å². The number of carboxylic acid groups (broad SMARTS) is 1. The van der Waals surface area contributed by atoms with Crippen LogP contribution in [-0.2, 0) is 16.0 Å². The maximum Gasteiger partial charge on any atom is 0.308 e. The van der Waals surface area contributed by atoms with Gasteiger partial charge in [0.1, 0.15) is 0 Å². The van der Waals surface area contributed by atoms with Gasteiger partial charge >= 0.3 is 5.97 Å². The Bertz CT molecular complexity index is 742. The first kappa shape index (κ1) is 15.3. The second-order valence-electron chi connectivity index (χ2n) is 5.80. The summed E-state index contributed by atoms with van der Waals surface area (Å²) in [5.41, 5.74) is 0.957. The first-order valence-electron chi connectivity index (χ1n) is 7.12. The highest BCUT2D eigenvalue weighted by Gasteiger charge is 2.36. The van der Waals surface area contributed by atoms with Gasteiger partial charge in [-0.2, -0.15) is 0 Å². The Kier molecular flexibility index (Phi) is 4.10. The zero-order chi connectivity index (χ0) is 15.9. The Labute approximate surface area is 137 Å². The van der Waals surface area contributed by atoms with Gasteiger partial charge in [0.2, 0.25) is 5.91 Å². The van der Waals surface area contributed by atoms with Crippen molar-refractivity contribution < 1.29 is 14.7 Å². The number of nitrogens with zero attached hydrogens (tertiary/aromatic N) is 1. The van der Waals surface area contributed by atoms with E-state index in [2.05, 4.69) is 0 Å². The summed E-state index contributed by atoms with van der Waals surface area (Å²) in [7, 11) is 0. The van der Waals surface area contributed by atoms with E-state index in [9.17, 15) is 9.59 Å². The lowest BCUT2D eigenvalue weighted by atomic mass is 9.99. The summed E-state index contributed by atoms with van der Waals surface area (Å²) in [6, 6.07) is 5.67. The lowest BCUT2D eigenvalue weighted by molar-refractivity contribution is -0.142. The maximum atomic E-state index is 12.5. The van der Waals surface area contributed by atoms with Gasteiger partial charge < -0.3 is 10.0 Å². The number of fused-ring (bicyclic) bond motifs is 1. The number of carbonyl (C=O) groups is 2. The molecule has 4 nitrogen and oxygen atoms in total. The van der Waals surface area contributed by atoms with E-state index in [1.807, 2.05) is 30.5 Å². The number of aliphatic carboxylic acids is 1. The monoisotopic (exact) mass is 337 g/mol. The smallest absolute Gasteiger partial charge is 0.308 e. The minimum atomic E-state index is -0.824. The van der Waals surface area contributed by atoms with Crippen LogP contribution >= 0.6 is 22.9 Å². The first-order valence-corrected chi connectivity index (χ1v) is 8.37. The largest absolute Gasteiger partial charge is 0.481 e. The molecule has 2 heterocycles. The van der Waals surface area contributed by atoms with E-state index < -0.39 is 11.9 Å². The molecule has 22 heavy (non-hydrogen) atoms. The Morgan fingerprint density at radius 1 is 1.41 bits per heavy atom. The van der Waals surface area contributed by atoms with Crippen LogP contribution in [-0.4, -0.2) is 35.0 Å².